The smallest absolute Gasteiger partial charge is 0.261 e. The molecule has 1 amide bonds. The molecule has 4 rings (SSSR count). The molecule has 2 aromatic carbocycles. The van der Waals surface area contributed by atoms with E-state index in [0.717, 1.165) is 10.2 Å². The number of benzene rings is 2. The maximum absolute atomic E-state index is 13.2. The third kappa shape index (κ3) is 3.76. The number of methoxy groups -OCH3 is 1. The van der Waals surface area contributed by atoms with Gasteiger partial charge in [-0.25, -0.2) is 9.97 Å². The van der Waals surface area contributed by atoms with E-state index in [1.807, 2.05) is 30.3 Å². The van der Waals surface area contributed by atoms with E-state index in [-0.39, 0.29) is 18.0 Å². The van der Waals surface area contributed by atoms with E-state index in [0.29, 0.717) is 35.0 Å². The molecule has 2 heterocycles. The minimum absolute atomic E-state index is 0.109. The summed E-state index contributed by atoms with van der Waals surface area (Å²) in [4.78, 5) is 36.7. The molecular formula is C21H20N4O3S. The summed E-state index contributed by atoms with van der Waals surface area (Å²) in [6, 6.07) is 14.9. The first-order valence-electron chi connectivity index (χ1n) is 9.19. The van der Waals surface area contributed by atoms with Crippen LogP contribution in [0.4, 0.5) is 5.13 Å². The summed E-state index contributed by atoms with van der Waals surface area (Å²) < 4.78 is 7.59. The molecule has 0 radical (unpaired) electrons. The van der Waals surface area contributed by atoms with Crippen LogP contribution in [0.2, 0.25) is 0 Å². The highest BCUT2D eigenvalue weighted by molar-refractivity contribution is 7.22. The Morgan fingerprint density at radius 3 is 2.59 bits per heavy atom. The van der Waals surface area contributed by atoms with Crippen molar-refractivity contribution >= 4 is 43.5 Å². The number of aromatic nitrogens is 3. The van der Waals surface area contributed by atoms with Crippen molar-refractivity contribution in [2.45, 2.75) is 13.5 Å². The monoisotopic (exact) mass is 408 g/mol. The van der Waals surface area contributed by atoms with Crippen molar-refractivity contribution in [2.24, 2.45) is 0 Å². The van der Waals surface area contributed by atoms with E-state index >= 15 is 0 Å². The van der Waals surface area contributed by atoms with Crippen molar-refractivity contribution in [1.29, 1.82) is 0 Å². The third-order valence-corrected chi connectivity index (χ3v) is 5.74. The molecular weight excluding hydrogens is 388 g/mol. The van der Waals surface area contributed by atoms with Gasteiger partial charge in [-0.1, -0.05) is 35.6 Å². The molecule has 2 aromatic heterocycles. The van der Waals surface area contributed by atoms with Gasteiger partial charge >= 0.3 is 0 Å². The summed E-state index contributed by atoms with van der Waals surface area (Å²) in [6.45, 7) is 2.34. The number of fused-ring (bicyclic) bond motifs is 2. The van der Waals surface area contributed by atoms with Crippen LogP contribution in [0.3, 0.4) is 0 Å². The van der Waals surface area contributed by atoms with Gasteiger partial charge in [0.25, 0.3) is 5.56 Å². The number of amides is 1. The summed E-state index contributed by atoms with van der Waals surface area (Å²) in [6.07, 6.45) is 0. The number of carbonyl (C=O) groups is 1. The van der Waals surface area contributed by atoms with E-state index in [2.05, 4.69) is 9.97 Å². The van der Waals surface area contributed by atoms with Crippen LogP contribution in [-0.4, -0.2) is 40.7 Å². The maximum atomic E-state index is 13.2. The predicted octanol–water partition coefficient (Wildman–Crippen LogP) is 2.99. The predicted molar refractivity (Wildman–Crippen MR) is 115 cm³/mol. The fraction of sp³-hybridized carbons (Fsp3) is 0.238. The maximum Gasteiger partial charge on any atom is 0.261 e. The molecule has 29 heavy (non-hydrogen) atoms. The zero-order valence-electron chi connectivity index (χ0n) is 16.2. The standard InChI is InChI=1S/C21H20N4O3S/c1-14-22-16-8-4-3-7-15(16)20(27)25(14)13-19(26)24(11-12-28-2)21-23-17-9-5-6-10-18(17)29-21/h3-10H,11-13H2,1-2H3. The Morgan fingerprint density at radius 1 is 1.10 bits per heavy atom. The lowest BCUT2D eigenvalue weighted by molar-refractivity contribution is -0.119. The quantitative estimate of drug-likeness (QED) is 0.490. The molecule has 0 atom stereocenters. The molecule has 0 fully saturated rings. The second kappa shape index (κ2) is 8.10. The Balaban J connectivity index is 1.70. The molecule has 0 unspecified atom stereocenters. The lowest BCUT2D eigenvalue weighted by atomic mass is 10.2. The van der Waals surface area contributed by atoms with Gasteiger partial charge in [0.05, 0.1) is 34.3 Å². The highest BCUT2D eigenvalue weighted by Gasteiger charge is 2.21. The van der Waals surface area contributed by atoms with E-state index in [1.54, 1.807) is 37.1 Å². The summed E-state index contributed by atoms with van der Waals surface area (Å²) in [5.41, 5.74) is 1.24. The Bertz CT molecular complexity index is 1210. The molecule has 7 nitrogen and oxygen atoms in total. The first-order valence-corrected chi connectivity index (χ1v) is 10.0. The first-order chi connectivity index (χ1) is 14.1. The molecule has 8 heteroatoms. The Labute approximate surface area is 171 Å². The number of nitrogens with zero attached hydrogens (tertiary/aromatic N) is 4. The van der Waals surface area contributed by atoms with Gasteiger partial charge in [-0.15, -0.1) is 0 Å². The number of ether oxygens (including phenoxy) is 1. The number of hydrogen-bond acceptors (Lipinski definition) is 6. The average molecular weight is 408 g/mol. The van der Waals surface area contributed by atoms with E-state index in [4.69, 9.17) is 4.74 Å². The van der Waals surface area contributed by atoms with Crippen LogP contribution in [0.5, 0.6) is 0 Å². The van der Waals surface area contributed by atoms with Crippen molar-refractivity contribution < 1.29 is 9.53 Å². The van der Waals surface area contributed by atoms with Crippen LogP contribution in [-0.2, 0) is 16.1 Å². The molecule has 0 saturated heterocycles. The van der Waals surface area contributed by atoms with Crippen LogP contribution in [0.1, 0.15) is 5.82 Å². The van der Waals surface area contributed by atoms with E-state index in [9.17, 15) is 9.59 Å². The van der Waals surface area contributed by atoms with Gasteiger partial charge in [-0.3, -0.25) is 19.1 Å². The van der Waals surface area contributed by atoms with Crippen LogP contribution in [0.15, 0.2) is 53.3 Å². The number of thiazole rings is 1. The normalized spacial score (nSPS) is 11.2. The topological polar surface area (TPSA) is 77.3 Å². The molecule has 0 saturated carbocycles. The van der Waals surface area contributed by atoms with Crippen LogP contribution in [0.25, 0.3) is 21.1 Å². The van der Waals surface area contributed by atoms with Crippen molar-refractivity contribution in [3.05, 3.63) is 64.7 Å². The van der Waals surface area contributed by atoms with Gasteiger partial charge in [0, 0.05) is 7.11 Å². The Kier molecular flexibility index (Phi) is 5.37. The highest BCUT2D eigenvalue weighted by atomic mass is 32.1. The van der Waals surface area contributed by atoms with Gasteiger partial charge < -0.3 is 4.74 Å². The summed E-state index contributed by atoms with van der Waals surface area (Å²) in [5, 5.41) is 1.09. The number of para-hydroxylation sites is 2. The Hall–Kier alpha value is -3.10. The van der Waals surface area contributed by atoms with Crippen molar-refractivity contribution in [1.82, 2.24) is 14.5 Å². The van der Waals surface area contributed by atoms with Crippen LogP contribution < -0.4 is 10.5 Å². The summed E-state index contributed by atoms with van der Waals surface area (Å²) >= 11 is 1.44. The minimum atomic E-state index is -0.233. The lowest BCUT2D eigenvalue weighted by Crippen LogP contribution is -2.39. The van der Waals surface area contributed by atoms with E-state index in [1.165, 1.54) is 15.9 Å². The molecule has 0 spiro atoms. The third-order valence-electron chi connectivity index (χ3n) is 4.68. The number of rotatable bonds is 6. The molecule has 0 aliphatic carbocycles. The second-order valence-electron chi connectivity index (χ2n) is 6.57. The number of carbonyl (C=O) groups excluding carboxylic acids is 1. The first kappa shape index (κ1) is 19.2. The van der Waals surface area contributed by atoms with Gasteiger partial charge in [-0.2, -0.15) is 0 Å². The van der Waals surface area contributed by atoms with Gasteiger partial charge in [0.2, 0.25) is 5.91 Å². The SMILES string of the molecule is COCCN(C(=O)Cn1c(C)nc2ccccc2c1=O)c1nc2ccccc2s1. The molecule has 0 N–H and O–H groups in total. The minimum Gasteiger partial charge on any atom is -0.383 e. The molecule has 0 aliphatic rings. The highest BCUT2D eigenvalue weighted by Crippen LogP contribution is 2.28. The van der Waals surface area contributed by atoms with Gasteiger partial charge in [0.15, 0.2) is 5.13 Å². The molecule has 148 valence electrons. The molecule has 0 bridgehead atoms. The number of aryl methyl sites for hydroxylation is 1. The second-order valence-corrected chi connectivity index (χ2v) is 7.58. The van der Waals surface area contributed by atoms with Crippen molar-refractivity contribution in [2.75, 3.05) is 25.2 Å². The lowest BCUT2D eigenvalue weighted by Gasteiger charge is -2.20. The average Bonchev–Trinajstić information content (AvgIpc) is 3.15. The van der Waals surface area contributed by atoms with E-state index < -0.39 is 0 Å². The Morgan fingerprint density at radius 2 is 1.83 bits per heavy atom. The molecule has 0 aliphatic heterocycles. The van der Waals surface area contributed by atoms with Crippen molar-refractivity contribution in [3.8, 4) is 0 Å². The summed E-state index contributed by atoms with van der Waals surface area (Å²) in [7, 11) is 1.59. The van der Waals surface area contributed by atoms with Crippen LogP contribution in [0, 0.1) is 6.92 Å². The summed E-state index contributed by atoms with van der Waals surface area (Å²) in [5.74, 6) is 0.265. The molecule has 4 aromatic rings. The zero-order chi connectivity index (χ0) is 20.4. The van der Waals surface area contributed by atoms with Gasteiger partial charge in [-0.05, 0) is 31.2 Å². The van der Waals surface area contributed by atoms with Gasteiger partial charge in [0.1, 0.15) is 12.4 Å². The largest absolute Gasteiger partial charge is 0.383 e. The van der Waals surface area contributed by atoms with Crippen molar-refractivity contribution in [3.63, 3.8) is 0 Å². The van der Waals surface area contributed by atoms with Crippen LogP contribution >= 0.6 is 11.3 Å². The fourth-order valence-corrected chi connectivity index (χ4v) is 4.18. The number of anilines is 1. The number of hydrogen-bond donors (Lipinski definition) is 0. The fourth-order valence-electron chi connectivity index (χ4n) is 3.17. The zero-order valence-corrected chi connectivity index (χ0v) is 17.0.